The first-order chi connectivity index (χ1) is 9.97. The molecule has 0 aliphatic carbocycles. The average molecular weight is 290 g/mol. The van der Waals surface area contributed by atoms with Crippen LogP contribution in [0.25, 0.3) is 6.08 Å². The van der Waals surface area contributed by atoms with Crippen LogP contribution in [-0.2, 0) is 9.59 Å². The number of amides is 4. The van der Waals surface area contributed by atoms with Gasteiger partial charge in [0.2, 0.25) is 0 Å². The van der Waals surface area contributed by atoms with Crippen LogP contribution in [0.2, 0.25) is 0 Å². The van der Waals surface area contributed by atoms with Crippen LogP contribution in [0, 0.1) is 0 Å². The van der Waals surface area contributed by atoms with Crippen LogP contribution < -0.4 is 0 Å². The monoisotopic (exact) mass is 290 g/mol. The van der Waals surface area contributed by atoms with Gasteiger partial charge < -0.3 is 9.90 Å². The molecule has 0 unspecified atom stereocenters. The molecule has 0 saturated heterocycles. The molecule has 0 bridgehead atoms. The second-order valence-electron chi connectivity index (χ2n) is 3.98. The smallest absolute Gasteiger partial charge is 0.415 e. The number of hydrogen-bond donors (Lipinski definition) is 1. The second kappa shape index (κ2) is 7.59. The molecule has 0 heterocycles. The van der Waals surface area contributed by atoms with E-state index in [1.165, 1.54) is 6.08 Å². The lowest BCUT2D eigenvalue weighted by atomic mass is 10.2. The Kier molecular flexibility index (Phi) is 5.81. The summed E-state index contributed by atoms with van der Waals surface area (Å²) in [5, 5.41) is 8.72. The zero-order chi connectivity index (χ0) is 15.8. The third-order valence-corrected chi connectivity index (χ3v) is 2.55. The maximum absolute atomic E-state index is 11.9. The lowest BCUT2D eigenvalue weighted by molar-refractivity contribution is -0.125. The minimum atomic E-state index is -1.52. The third kappa shape index (κ3) is 4.57. The number of benzene rings is 1. The molecule has 0 aliphatic rings. The Balaban J connectivity index is 2.87. The van der Waals surface area contributed by atoms with Gasteiger partial charge >= 0.3 is 12.1 Å². The van der Waals surface area contributed by atoms with Gasteiger partial charge in [-0.15, -0.1) is 0 Å². The van der Waals surface area contributed by atoms with E-state index < -0.39 is 24.6 Å². The average Bonchev–Trinajstić information content (AvgIpc) is 2.49. The molecule has 0 atom stereocenters. The highest BCUT2D eigenvalue weighted by atomic mass is 16.4. The van der Waals surface area contributed by atoms with E-state index in [0.29, 0.717) is 16.1 Å². The van der Waals surface area contributed by atoms with Gasteiger partial charge in [0, 0.05) is 13.1 Å². The molecule has 1 aromatic carbocycles. The van der Waals surface area contributed by atoms with Crippen molar-refractivity contribution in [1.29, 1.82) is 0 Å². The number of nitrogens with zero attached hydrogens (tertiary/aromatic N) is 2. The number of rotatable bonds is 4. The van der Waals surface area contributed by atoms with Gasteiger partial charge in [-0.2, -0.15) is 0 Å². The van der Waals surface area contributed by atoms with Crippen molar-refractivity contribution in [3.05, 3.63) is 42.0 Å². The molecule has 7 nitrogen and oxygen atoms in total. The largest absolute Gasteiger partial charge is 0.465 e. The normalized spacial score (nSPS) is 10.1. The number of aldehydes is 1. The highest BCUT2D eigenvalue weighted by molar-refractivity contribution is 6.06. The Morgan fingerprint density at radius 2 is 1.81 bits per heavy atom. The number of imide groups is 2. The summed E-state index contributed by atoms with van der Waals surface area (Å²) in [6, 6.07) is 7.77. The second-order valence-corrected chi connectivity index (χ2v) is 3.98. The van der Waals surface area contributed by atoms with E-state index in [4.69, 9.17) is 5.11 Å². The Morgan fingerprint density at radius 3 is 2.33 bits per heavy atom. The van der Waals surface area contributed by atoms with Crippen molar-refractivity contribution >= 4 is 30.4 Å². The van der Waals surface area contributed by atoms with Gasteiger partial charge in [0.05, 0.1) is 6.54 Å². The molecule has 21 heavy (non-hydrogen) atoms. The summed E-state index contributed by atoms with van der Waals surface area (Å²) < 4.78 is 0. The molecule has 0 spiro atoms. The minimum absolute atomic E-state index is 0.331. The maximum Gasteiger partial charge on any atom is 0.415 e. The summed E-state index contributed by atoms with van der Waals surface area (Å²) in [6.07, 6.45) is 1.40. The molecule has 1 rings (SSSR count). The van der Waals surface area contributed by atoms with Gasteiger partial charge in [-0.05, 0) is 11.6 Å². The highest BCUT2D eigenvalue weighted by Crippen LogP contribution is 2.04. The molecule has 4 amide bonds. The summed E-state index contributed by atoms with van der Waals surface area (Å²) in [4.78, 5) is 45.8. The SMILES string of the molecule is CN(C(=O)O)C(=O)N(CC=O)C(=O)C=Cc1ccccc1. The first kappa shape index (κ1) is 16.1. The Hall–Kier alpha value is -2.96. The summed E-state index contributed by atoms with van der Waals surface area (Å²) in [7, 11) is 0.997. The van der Waals surface area contributed by atoms with E-state index in [9.17, 15) is 19.2 Å². The molecule has 0 saturated carbocycles. The van der Waals surface area contributed by atoms with E-state index in [1.807, 2.05) is 6.07 Å². The molecule has 110 valence electrons. The summed E-state index contributed by atoms with van der Waals surface area (Å²) in [5.74, 6) is -0.774. The van der Waals surface area contributed by atoms with Crippen molar-refractivity contribution in [2.75, 3.05) is 13.6 Å². The van der Waals surface area contributed by atoms with Gasteiger partial charge in [-0.25, -0.2) is 14.5 Å². The van der Waals surface area contributed by atoms with E-state index >= 15 is 0 Å². The Morgan fingerprint density at radius 1 is 1.19 bits per heavy atom. The summed E-state index contributed by atoms with van der Waals surface area (Å²) in [5.41, 5.74) is 0.732. The van der Waals surface area contributed by atoms with E-state index in [2.05, 4.69) is 0 Å². The predicted octanol–water partition coefficient (Wildman–Crippen LogP) is 1.46. The quantitative estimate of drug-likeness (QED) is 0.669. The third-order valence-electron chi connectivity index (χ3n) is 2.55. The molecule has 0 aromatic heterocycles. The first-order valence-electron chi connectivity index (χ1n) is 5.96. The summed E-state index contributed by atoms with van der Waals surface area (Å²) >= 11 is 0. The van der Waals surface area contributed by atoms with E-state index in [0.717, 1.165) is 18.7 Å². The van der Waals surface area contributed by atoms with Gasteiger partial charge in [-0.3, -0.25) is 9.69 Å². The lowest BCUT2D eigenvalue weighted by Crippen LogP contribution is -2.46. The zero-order valence-electron chi connectivity index (χ0n) is 11.3. The fraction of sp³-hybridized carbons (Fsp3) is 0.143. The standard InChI is InChI=1S/C14H14N2O5/c1-15(14(20)21)13(19)16(9-10-17)12(18)8-7-11-5-3-2-4-6-11/h2-8,10H,9H2,1H3,(H,20,21). The molecule has 1 aromatic rings. The minimum Gasteiger partial charge on any atom is -0.465 e. The number of carboxylic acid groups (broad SMARTS) is 1. The van der Waals surface area contributed by atoms with Crippen molar-refractivity contribution in [3.63, 3.8) is 0 Å². The summed E-state index contributed by atoms with van der Waals surface area (Å²) in [6.45, 7) is -0.519. The molecular formula is C14H14N2O5. The predicted molar refractivity (Wildman–Crippen MR) is 74.4 cm³/mol. The van der Waals surface area contributed by atoms with Crippen LogP contribution in [0.5, 0.6) is 0 Å². The maximum atomic E-state index is 11.9. The van der Waals surface area contributed by atoms with Crippen LogP contribution in [0.1, 0.15) is 5.56 Å². The molecule has 7 heteroatoms. The molecule has 0 fully saturated rings. The highest BCUT2D eigenvalue weighted by Gasteiger charge is 2.26. The van der Waals surface area contributed by atoms with E-state index in [-0.39, 0.29) is 0 Å². The molecule has 0 aliphatic heterocycles. The van der Waals surface area contributed by atoms with Crippen LogP contribution in [0.3, 0.4) is 0 Å². The number of hydrogen-bond acceptors (Lipinski definition) is 4. The van der Waals surface area contributed by atoms with Gasteiger partial charge in [0.15, 0.2) is 0 Å². The molecule has 0 radical (unpaired) electrons. The van der Waals surface area contributed by atoms with Crippen LogP contribution in [0.4, 0.5) is 9.59 Å². The number of carbonyl (C=O) groups is 4. The van der Waals surface area contributed by atoms with Gasteiger partial charge in [-0.1, -0.05) is 30.3 Å². The van der Waals surface area contributed by atoms with Crippen molar-refractivity contribution in [3.8, 4) is 0 Å². The number of carbonyl (C=O) groups excluding carboxylic acids is 3. The van der Waals surface area contributed by atoms with Crippen molar-refractivity contribution in [2.24, 2.45) is 0 Å². The van der Waals surface area contributed by atoms with Crippen molar-refractivity contribution in [1.82, 2.24) is 9.80 Å². The topological polar surface area (TPSA) is 95.0 Å². The Bertz CT molecular complexity index is 568. The number of urea groups is 1. The van der Waals surface area contributed by atoms with E-state index in [1.54, 1.807) is 24.3 Å². The zero-order valence-corrected chi connectivity index (χ0v) is 11.3. The first-order valence-corrected chi connectivity index (χ1v) is 5.96. The molecule has 1 N–H and O–H groups in total. The lowest BCUT2D eigenvalue weighted by Gasteiger charge is -2.20. The Labute approximate surface area is 121 Å². The fourth-order valence-electron chi connectivity index (χ4n) is 1.42. The van der Waals surface area contributed by atoms with Gasteiger partial charge in [0.25, 0.3) is 5.91 Å². The van der Waals surface area contributed by atoms with Crippen LogP contribution in [0.15, 0.2) is 36.4 Å². The molecular weight excluding hydrogens is 276 g/mol. The van der Waals surface area contributed by atoms with Crippen molar-refractivity contribution in [2.45, 2.75) is 0 Å². The van der Waals surface area contributed by atoms with Crippen LogP contribution >= 0.6 is 0 Å². The fourth-order valence-corrected chi connectivity index (χ4v) is 1.42. The van der Waals surface area contributed by atoms with Gasteiger partial charge in [0.1, 0.15) is 6.29 Å². The van der Waals surface area contributed by atoms with Crippen molar-refractivity contribution < 1.29 is 24.3 Å². The van der Waals surface area contributed by atoms with Crippen LogP contribution in [-0.4, -0.2) is 52.8 Å².